The summed E-state index contributed by atoms with van der Waals surface area (Å²) in [6.45, 7) is 10.1. The Morgan fingerprint density at radius 3 is 0.818 bits per heavy atom. The second kappa shape index (κ2) is 51.1. The molecule has 6 fully saturated rings. The quantitative estimate of drug-likeness (QED) is 0.0229. The number of hydrogen-bond acceptors (Lipinski definition) is 41. The summed E-state index contributed by atoms with van der Waals surface area (Å²) >= 11 is 17.9. The number of hydrogen-bond donors (Lipinski definition) is 10. The van der Waals surface area contributed by atoms with E-state index in [9.17, 15) is 0 Å². The van der Waals surface area contributed by atoms with Crippen molar-refractivity contribution in [2.75, 3.05) is 54.8 Å². The van der Waals surface area contributed by atoms with Crippen LogP contribution in [0.4, 0.5) is 29.1 Å². The van der Waals surface area contributed by atoms with Crippen LogP contribution in [0.25, 0.3) is 61.3 Å². The van der Waals surface area contributed by atoms with Crippen molar-refractivity contribution in [1.29, 1.82) is 0 Å². The molecule has 0 amide bonds. The highest BCUT2D eigenvalue weighted by Gasteiger charge is 2.31. The zero-order valence-corrected chi connectivity index (χ0v) is 94.7. The smallest absolute Gasteiger partial charge is 0.235 e. The predicted octanol–water partition coefficient (Wildman–Crippen LogP) is 22.4. The van der Waals surface area contributed by atoms with Crippen molar-refractivity contribution in [3.05, 3.63) is 205 Å². The second-order valence-electron chi connectivity index (χ2n) is 40.2. The van der Waals surface area contributed by atoms with E-state index in [1.54, 1.807) is 91.1 Å². The van der Waals surface area contributed by atoms with Gasteiger partial charge in [-0.05, 0) is 379 Å². The molecule has 0 aliphatic heterocycles. The first-order valence-electron chi connectivity index (χ1n) is 51.8. The van der Waals surface area contributed by atoms with Crippen molar-refractivity contribution < 1.29 is 4.74 Å². The van der Waals surface area contributed by atoms with Gasteiger partial charge < -0.3 is 64.1 Å². The van der Waals surface area contributed by atoms with Crippen LogP contribution < -0.4 is 59.2 Å². The van der Waals surface area contributed by atoms with Crippen LogP contribution in [0.1, 0.15) is 247 Å². The van der Waals surface area contributed by atoms with Gasteiger partial charge in [-0.15, -0.1) is 68.0 Å². The zero-order valence-electron chi connectivity index (χ0n) is 85.7. The summed E-state index contributed by atoms with van der Waals surface area (Å²) in [7, 11) is 10.4. The van der Waals surface area contributed by atoms with Crippen LogP contribution in [-0.2, 0) is 45.6 Å². The lowest BCUT2D eigenvalue weighted by atomic mass is 9.91. The van der Waals surface area contributed by atoms with Gasteiger partial charge in [-0.1, -0.05) is 0 Å². The minimum Gasteiger partial charge on any atom is -0.473 e. The van der Waals surface area contributed by atoms with Gasteiger partial charge in [0.1, 0.15) is 74.8 Å². The molecule has 0 saturated heterocycles. The summed E-state index contributed by atoms with van der Waals surface area (Å²) in [5.41, 5.74) is 30.6. The van der Waals surface area contributed by atoms with Gasteiger partial charge in [-0.3, -0.25) is 4.68 Å². The first-order chi connectivity index (χ1) is 72.0. The molecule has 6 saturated carbocycles. The Kier molecular flexibility index (Phi) is 36.8. The normalized spacial score (nSPS) is 21.0. The van der Waals surface area contributed by atoms with Gasteiger partial charge >= 0.3 is 0 Å². The van der Waals surface area contributed by atoms with E-state index in [0.29, 0.717) is 79.3 Å². The van der Waals surface area contributed by atoms with E-state index in [1.165, 1.54) is 133 Å². The highest BCUT2D eigenvalue weighted by Crippen LogP contribution is 2.40. The van der Waals surface area contributed by atoms with Crippen molar-refractivity contribution in [1.82, 2.24) is 107 Å². The van der Waals surface area contributed by atoms with E-state index in [4.69, 9.17) is 81.7 Å². The first kappa shape index (κ1) is 107. The molecule has 42 heteroatoms. The maximum atomic E-state index is 6.37. The molecule has 6 aliphatic carbocycles. The lowest BCUT2D eigenvalue weighted by Gasteiger charge is -2.32. The Morgan fingerprint density at radius 1 is 0.318 bits per heavy atom. The van der Waals surface area contributed by atoms with E-state index < -0.39 is 0 Å². The van der Waals surface area contributed by atoms with Gasteiger partial charge in [0.15, 0.2) is 0 Å². The molecule has 148 heavy (non-hydrogen) atoms. The number of ether oxygens (including phenoxy) is 1. The molecule has 0 radical (unpaired) electrons. The standard InChI is InChI=1S/C19H24N4OS2.2C18H23N5S2.C17H22N6S.2C17H21N5S2/c1-12-10-15(26-22-12)11-17-20-16-8-9-25-18(16)19(21-17)24-14-6-4-13(5-7-14)23(2)3;2*1-11-9-14(25-23-11)10-16-21-15-7-8-24-17(15)18(22-16)20-13-5-3-12(19-2)4-6-13;1-23-10-11(9-19-23)8-15-21-14-6-7-24-16(14)17(22-15)20-13-4-2-12(18)3-5-13;2*1-10-8-13(24-22-10)9-15-20-14-6-7-23-16(14)17(21-15)19-12-4-2-11(18)3-5-12/h8-10,13-14H,4-7,11H2,1-3H3;2*7-9,12-13,19H,3-6,10H2,1-2H3,(H,20,21,22);6-7,9-10,12-13H,2-5,8,18H2,1H3,(H,20,21,22);2*6-8,11-12H,2-5,9,18H2,1H3,(H,19,20,21). The van der Waals surface area contributed by atoms with Crippen LogP contribution in [0.5, 0.6) is 5.88 Å². The highest BCUT2D eigenvalue weighted by atomic mass is 32.1. The number of aryl methyl sites for hydroxylation is 6. The third-order valence-electron chi connectivity index (χ3n) is 28.2. The number of anilines is 5. The molecule has 24 rings (SSSR count). The maximum Gasteiger partial charge on any atom is 0.235 e. The minimum absolute atomic E-state index is 0.255. The first-order valence-corrected chi connectivity index (χ1v) is 61.0. The van der Waals surface area contributed by atoms with Gasteiger partial charge in [0.25, 0.3) is 0 Å². The molecule has 0 bridgehead atoms. The molecule has 0 aromatic carbocycles. The summed E-state index contributed by atoms with van der Waals surface area (Å²) in [5.74, 6) is 10.8. The van der Waals surface area contributed by atoms with Crippen molar-refractivity contribution in [3.8, 4) is 5.88 Å². The zero-order chi connectivity index (χ0) is 102. The van der Waals surface area contributed by atoms with Crippen molar-refractivity contribution in [2.24, 2.45) is 24.2 Å². The van der Waals surface area contributed by atoms with Crippen LogP contribution in [0, 0.1) is 34.6 Å². The Hall–Kier alpha value is -9.84. The fourth-order valence-electron chi connectivity index (χ4n) is 20.2. The Bertz CT molecular complexity index is 6800. The van der Waals surface area contributed by atoms with E-state index in [2.05, 4.69) is 196 Å². The van der Waals surface area contributed by atoms with Crippen LogP contribution in [0.2, 0.25) is 0 Å². The number of aromatic nitrogens is 19. The Balaban J connectivity index is 0.000000112. The van der Waals surface area contributed by atoms with Crippen molar-refractivity contribution >= 4 is 216 Å². The molecule has 31 nitrogen and oxygen atoms in total. The fourth-order valence-corrected chi connectivity index (χ4v) is 28.5. The molecule has 18 heterocycles. The van der Waals surface area contributed by atoms with Crippen LogP contribution in [0.3, 0.4) is 0 Å². The molecule has 0 atom stereocenters. The molecule has 780 valence electrons. The molecular weight excluding hydrogens is 2060 g/mol. The number of nitrogens with zero attached hydrogens (tertiary/aromatic N) is 20. The van der Waals surface area contributed by atoms with Gasteiger partial charge in [0.05, 0.1) is 91.3 Å². The molecule has 0 unspecified atom stereocenters. The van der Waals surface area contributed by atoms with E-state index in [0.717, 1.165) is 271 Å². The summed E-state index contributed by atoms with van der Waals surface area (Å²) in [6.07, 6.45) is 35.9. The summed E-state index contributed by atoms with van der Waals surface area (Å²) in [4.78, 5) is 65.7. The molecule has 18 aromatic heterocycles. The molecule has 13 N–H and O–H groups in total. The third kappa shape index (κ3) is 29.1. The molecular formula is C106H134N30OS11. The number of nitrogens with one attached hydrogen (secondary N) is 7. The van der Waals surface area contributed by atoms with E-state index in [-0.39, 0.29) is 6.10 Å². The van der Waals surface area contributed by atoms with Crippen molar-refractivity contribution in [3.63, 3.8) is 0 Å². The topological polar surface area (TPSA) is 412 Å². The number of nitrogens with two attached hydrogens (primary N) is 3. The maximum absolute atomic E-state index is 6.37. The van der Waals surface area contributed by atoms with Gasteiger partial charge in [0, 0.05) is 143 Å². The summed E-state index contributed by atoms with van der Waals surface area (Å²) in [6, 6.07) is 28.5. The van der Waals surface area contributed by atoms with Gasteiger partial charge in [0.2, 0.25) is 5.88 Å². The van der Waals surface area contributed by atoms with E-state index >= 15 is 0 Å². The Morgan fingerprint density at radius 2 is 0.568 bits per heavy atom. The molecule has 0 spiro atoms. The fraction of sp³-hybridized carbons (Fsp3) is 0.491. The average Bonchev–Trinajstić information content (AvgIpc) is 1.69. The lowest BCUT2D eigenvalue weighted by Crippen LogP contribution is -2.35. The summed E-state index contributed by atoms with van der Waals surface area (Å²) in [5, 5.41) is 41.9. The van der Waals surface area contributed by atoms with Gasteiger partial charge in [-0.25, -0.2) is 54.8 Å². The number of fused-ring (bicyclic) bond motifs is 6. The minimum atomic E-state index is 0.255. The number of thiophene rings is 6. The third-order valence-corrected chi connectivity index (χ3v) is 38.0. The monoisotopic (exact) mass is 2190 g/mol. The molecule has 6 aliphatic rings. The van der Waals surface area contributed by atoms with Crippen molar-refractivity contribution in [2.45, 2.75) is 300 Å². The van der Waals surface area contributed by atoms with Gasteiger partial charge in [-0.2, -0.15) is 32.0 Å². The number of rotatable bonds is 27. The van der Waals surface area contributed by atoms with Crippen LogP contribution in [0.15, 0.2) is 111 Å². The van der Waals surface area contributed by atoms with Crippen LogP contribution in [-0.4, -0.2) is 197 Å². The average molecular weight is 2200 g/mol. The predicted molar refractivity (Wildman–Crippen MR) is 618 cm³/mol. The SMILES string of the molecule is CNC1CCC(Nc2nc(Cc3cc(C)ns3)nc3ccsc23)CC1.CNC1CCC(Nc2nc(Cc3cc(C)ns3)nc3ccsc23)CC1.Cc1cc(Cc2nc(NC3CCC(N)CC3)c3sccc3n2)sn1.Cc1cc(Cc2nc(NC3CCC(N)CC3)c3sccc3n2)sn1.Cc1cc(Cc2nc(OC3CCC(N(C)C)CC3)c3sccc3n2)sn1.Cn1cc(Cc2nc(NC3CCC(N)CC3)c3sccc3n2)cn1. The van der Waals surface area contributed by atoms with E-state index in [1.807, 2.05) is 58.7 Å². The lowest BCUT2D eigenvalue weighted by molar-refractivity contribution is 0.108. The Labute approximate surface area is 909 Å². The molecule has 18 aromatic rings. The van der Waals surface area contributed by atoms with Crippen LogP contribution >= 0.6 is 126 Å². The highest BCUT2D eigenvalue weighted by molar-refractivity contribution is 7.19. The largest absolute Gasteiger partial charge is 0.473 e. The second-order valence-corrected chi connectivity index (χ2v) is 50.1. The summed E-state index contributed by atoms with van der Waals surface area (Å²) < 4.78 is 36.8.